The molecule has 0 aliphatic heterocycles. The zero-order valence-corrected chi connectivity index (χ0v) is 16.0. The fourth-order valence-electron chi connectivity index (χ4n) is 2.47. The number of imidazole rings is 1. The first-order valence-corrected chi connectivity index (χ1v) is 8.69. The van der Waals surface area contributed by atoms with Crippen LogP contribution in [0.1, 0.15) is 11.3 Å². The van der Waals surface area contributed by atoms with Gasteiger partial charge in [-0.2, -0.15) is 0 Å². The lowest BCUT2D eigenvalue weighted by molar-refractivity contribution is -0.116. The molecule has 0 aliphatic carbocycles. The number of rotatable bonds is 6. The summed E-state index contributed by atoms with van der Waals surface area (Å²) < 4.78 is 13.3. The predicted octanol–water partition coefficient (Wildman–Crippen LogP) is 3.44. The van der Waals surface area contributed by atoms with Crippen LogP contribution in [0.4, 0.5) is 0 Å². The molecule has 26 heavy (non-hydrogen) atoms. The fraction of sp³-hybridized carbons (Fsp3) is 0.158. The van der Waals surface area contributed by atoms with Crippen molar-refractivity contribution in [3.05, 3.63) is 64.5 Å². The van der Waals surface area contributed by atoms with Crippen molar-refractivity contribution in [3.63, 3.8) is 0 Å². The van der Waals surface area contributed by atoms with Gasteiger partial charge in [-0.1, -0.05) is 6.07 Å². The van der Waals surface area contributed by atoms with Crippen molar-refractivity contribution >= 4 is 33.6 Å². The molecule has 3 rings (SSSR count). The highest BCUT2D eigenvalue weighted by Crippen LogP contribution is 2.27. The second-order valence-electron chi connectivity index (χ2n) is 5.51. The van der Waals surface area contributed by atoms with Gasteiger partial charge in [0.2, 0.25) is 5.91 Å². The number of carbonyl (C=O) groups is 1. The normalized spacial score (nSPS) is 11.0. The Balaban J connectivity index is 1.62. The number of hydrogen-bond acceptors (Lipinski definition) is 4. The number of hydrogen-bond donors (Lipinski definition) is 1. The maximum absolute atomic E-state index is 12.0. The number of nitrogens with zero attached hydrogens (tertiary/aromatic N) is 2. The molecule has 7 heteroatoms. The molecule has 3 aromatic rings. The van der Waals surface area contributed by atoms with E-state index < -0.39 is 0 Å². The average molecular weight is 416 g/mol. The maximum atomic E-state index is 12.0. The molecule has 2 aromatic heterocycles. The van der Waals surface area contributed by atoms with Crippen molar-refractivity contribution in [1.82, 2.24) is 14.7 Å². The van der Waals surface area contributed by atoms with Gasteiger partial charge in [-0.05, 0) is 51.8 Å². The lowest BCUT2D eigenvalue weighted by atomic mass is 10.2. The molecule has 6 nitrogen and oxygen atoms in total. The van der Waals surface area contributed by atoms with Gasteiger partial charge in [-0.3, -0.25) is 4.79 Å². The third-order valence-corrected chi connectivity index (χ3v) is 4.21. The second kappa shape index (κ2) is 8.05. The Kier molecular flexibility index (Phi) is 5.58. The number of pyridine rings is 1. The largest absolute Gasteiger partial charge is 0.493 e. The van der Waals surface area contributed by atoms with Gasteiger partial charge in [0.15, 0.2) is 11.5 Å². The Morgan fingerprint density at radius 1 is 1.19 bits per heavy atom. The third kappa shape index (κ3) is 4.23. The van der Waals surface area contributed by atoms with E-state index >= 15 is 0 Å². The quantitative estimate of drug-likeness (QED) is 0.626. The summed E-state index contributed by atoms with van der Waals surface area (Å²) in [6, 6.07) is 9.29. The van der Waals surface area contributed by atoms with Gasteiger partial charge in [0.1, 0.15) is 5.65 Å². The molecule has 1 aromatic carbocycles. The van der Waals surface area contributed by atoms with Crippen LogP contribution < -0.4 is 14.8 Å². The first-order valence-electron chi connectivity index (χ1n) is 7.90. The second-order valence-corrected chi connectivity index (χ2v) is 6.43. The summed E-state index contributed by atoms with van der Waals surface area (Å²) in [7, 11) is 3.16. The molecule has 2 heterocycles. The number of carbonyl (C=O) groups excluding carboxylic acids is 1. The first-order chi connectivity index (χ1) is 12.6. The van der Waals surface area contributed by atoms with Crippen LogP contribution in [0.15, 0.2) is 53.3 Å². The number of ether oxygens (including phenoxy) is 2. The zero-order valence-electron chi connectivity index (χ0n) is 14.4. The van der Waals surface area contributed by atoms with Crippen LogP contribution in [-0.2, 0) is 11.3 Å². The van der Waals surface area contributed by atoms with E-state index in [2.05, 4.69) is 26.2 Å². The lowest BCUT2D eigenvalue weighted by Gasteiger charge is -2.07. The third-order valence-electron chi connectivity index (χ3n) is 3.74. The molecule has 0 saturated heterocycles. The summed E-state index contributed by atoms with van der Waals surface area (Å²) in [6.45, 7) is 0.356. The molecule has 0 unspecified atom stereocenters. The minimum atomic E-state index is -0.196. The zero-order chi connectivity index (χ0) is 18.5. The van der Waals surface area contributed by atoms with Gasteiger partial charge in [-0.15, -0.1) is 0 Å². The predicted molar refractivity (Wildman–Crippen MR) is 103 cm³/mol. The summed E-state index contributed by atoms with van der Waals surface area (Å²) in [5.41, 5.74) is 2.46. The van der Waals surface area contributed by atoms with Gasteiger partial charge in [0, 0.05) is 22.9 Å². The molecule has 0 spiro atoms. The van der Waals surface area contributed by atoms with Crippen LogP contribution in [0.3, 0.4) is 0 Å². The van der Waals surface area contributed by atoms with Gasteiger partial charge < -0.3 is 19.2 Å². The smallest absolute Gasteiger partial charge is 0.244 e. The van der Waals surface area contributed by atoms with Crippen LogP contribution in [0, 0.1) is 0 Å². The molecule has 134 valence electrons. The Morgan fingerprint density at radius 3 is 2.77 bits per heavy atom. The van der Waals surface area contributed by atoms with E-state index in [0.29, 0.717) is 18.0 Å². The molecule has 0 aliphatic rings. The van der Waals surface area contributed by atoms with Crippen molar-refractivity contribution in [1.29, 1.82) is 0 Å². The van der Waals surface area contributed by atoms with E-state index in [1.54, 1.807) is 26.4 Å². The number of benzene rings is 1. The summed E-state index contributed by atoms with van der Waals surface area (Å²) in [5.74, 6) is 1.07. The standard InChI is InChI=1S/C19H18BrN3O3/c1-25-16-6-3-13(9-17(16)26-2)4-8-19(24)21-10-15-12-23-11-14(20)5-7-18(23)22-15/h3-9,11-12H,10H2,1-2H3,(H,21,24)/b8-4+. The van der Waals surface area contributed by atoms with Gasteiger partial charge in [0.05, 0.1) is 26.5 Å². The van der Waals surface area contributed by atoms with Crippen LogP contribution in [-0.4, -0.2) is 29.5 Å². The first kappa shape index (κ1) is 18.0. The molecule has 1 N–H and O–H groups in total. The fourth-order valence-corrected chi connectivity index (χ4v) is 2.82. The molecule has 0 radical (unpaired) electrons. The molecular weight excluding hydrogens is 398 g/mol. The van der Waals surface area contributed by atoms with E-state index in [-0.39, 0.29) is 5.91 Å². The van der Waals surface area contributed by atoms with E-state index in [1.165, 1.54) is 6.08 Å². The van der Waals surface area contributed by atoms with Crippen molar-refractivity contribution in [2.75, 3.05) is 14.2 Å². The summed E-state index contributed by atoms with van der Waals surface area (Å²) in [5, 5.41) is 2.83. The Labute approximate surface area is 159 Å². The highest BCUT2D eigenvalue weighted by molar-refractivity contribution is 9.10. The monoisotopic (exact) mass is 415 g/mol. The van der Waals surface area contributed by atoms with Gasteiger partial charge in [0.25, 0.3) is 0 Å². The lowest BCUT2D eigenvalue weighted by Crippen LogP contribution is -2.20. The molecular formula is C19H18BrN3O3. The molecule has 0 fully saturated rings. The summed E-state index contributed by atoms with van der Waals surface area (Å²) in [4.78, 5) is 16.5. The highest BCUT2D eigenvalue weighted by atomic mass is 79.9. The van der Waals surface area contributed by atoms with Crippen LogP contribution in [0.2, 0.25) is 0 Å². The Bertz CT molecular complexity index is 966. The SMILES string of the molecule is COc1ccc(/C=C/C(=O)NCc2cn3cc(Br)ccc3n2)cc1OC. The topological polar surface area (TPSA) is 64.9 Å². The van der Waals surface area contributed by atoms with Crippen molar-refractivity contribution in [3.8, 4) is 11.5 Å². The highest BCUT2D eigenvalue weighted by Gasteiger charge is 2.05. The van der Waals surface area contributed by atoms with Crippen LogP contribution >= 0.6 is 15.9 Å². The minimum Gasteiger partial charge on any atom is -0.493 e. The van der Waals surface area contributed by atoms with Crippen molar-refractivity contribution in [2.24, 2.45) is 0 Å². The summed E-state index contributed by atoms with van der Waals surface area (Å²) in [6.07, 6.45) is 7.01. The van der Waals surface area contributed by atoms with Crippen molar-refractivity contribution in [2.45, 2.75) is 6.54 Å². The minimum absolute atomic E-state index is 0.196. The van der Waals surface area contributed by atoms with Crippen molar-refractivity contribution < 1.29 is 14.3 Å². The molecule has 1 amide bonds. The Morgan fingerprint density at radius 2 is 2.00 bits per heavy atom. The van der Waals surface area contributed by atoms with E-state index in [1.807, 2.05) is 41.1 Å². The molecule has 0 atom stereocenters. The molecule has 0 bridgehead atoms. The van der Waals surface area contributed by atoms with E-state index in [9.17, 15) is 4.79 Å². The van der Waals surface area contributed by atoms with Crippen LogP contribution in [0.5, 0.6) is 11.5 Å². The van der Waals surface area contributed by atoms with Gasteiger partial charge in [-0.25, -0.2) is 4.98 Å². The number of amides is 1. The average Bonchev–Trinajstić information content (AvgIpc) is 3.06. The molecule has 0 saturated carbocycles. The number of aromatic nitrogens is 2. The Hall–Kier alpha value is -2.80. The van der Waals surface area contributed by atoms with E-state index in [4.69, 9.17) is 9.47 Å². The number of halogens is 1. The van der Waals surface area contributed by atoms with Crippen LogP contribution in [0.25, 0.3) is 11.7 Å². The summed E-state index contributed by atoms with van der Waals surface area (Å²) >= 11 is 3.42. The number of methoxy groups -OCH3 is 2. The number of fused-ring (bicyclic) bond motifs is 1. The van der Waals surface area contributed by atoms with E-state index in [0.717, 1.165) is 21.4 Å². The van der Waals surface area contributed by atoms with Gasteiger partial charge >= 0.3 is 0 Å². The maximum Gasteiger partial charge on any atom is 0.244 e. The number of nitrogens with one attached hydrogen (secondary N) is 1.